The van der Waals surface area contributed by atoms with Gasteiger partial charge in [-0.3, -0.25) is 28.9 Å². The first-order chi connectivity index (χ1) is 19.3. The third kappa shape index (κ3) is 4.02. The molecule has 0 radical (unpaired) electrons. The number of aliphatic hydroxyl groups excluding tert-OH is 2. The lowest BCUT2D eigenvalue weighted by molar-refractivity contribution is -0.148. The molecule has 41 heavy (non-hydrogen) atoms. The maximum absolute atomic E-state index is 13.9. The number of aromatic hydroxyl groups is 1. The third-order valence-electron chi connectivity index (χ3n) is 8.24. The van der Waals surface area contributed by atoms with Crippen molar-refractivity contribution in [3.05, 3.63) is 75.8 Å². The first kappa shape index (κ1) is 28.0. The zero-order valence-electron chi connectivity index (χ0n) is 22.5. The summed E-state index contributed by atoms with van der Waals surface area (Å²) in [5, 5.41) is 44.8. The minimum atomic E-state index is -2.71. The molecule has 2 aromatic rings. The number of rotatable bonds is 5. The van der Waals surface area contributed by atoms with Crippen molar-refractivity contribution in [2.24, 2.45) is 17.6 Å². The van der Waals surface area contributed by atoms with Gasteiger partial charge in [0.2, 0.25) is 5.78 Å². The quantitative estimate of drug-likeness (QED) is 0.226. The molecule has 0 bridgehead atoms. The molecule has 0 fully saturated rings. The van der Waals surface area contributed by atoms with E-state index in [1.807, 2.05) is 0 Å². The number of nitrogens with zero attached hydrogens (tertiary/aromatic N) is 1. The number of carbonyl (C=O) groups excluding carboxylic acids is 4. The summed E-state index contributed by atoms with van der Waals surface area (Å²) >= 11 is 0. The molecule has 4 atom stereocenters. The van der Waals surface area contributed by atoms with E-state index in [0.29, 0.717) is 16.7 Å². The largest absolute Gasteiger partial charge is 0.510 e. The highest BCUT2D eigenvalue weighted by molar-refractivity contribution is 6.25. The number of hydrogen-bond acceptors (Lipinski definition) is 10. The molecule has 3 aliphatic rings. The fourth-order valence-electron chi connectivity index (χ4n) is 6.50. The second kappa shape index (κ2) is 9.84. The lowest BCUT2D eigenvalue weighted by atomic mass is 9.58. The fourth-order valence-corrected chi connectivity index (χ4v) is 6.50. The van der Waals surface area contributed by atoms with Gasteiger partial charge in [0.25, 0.3) is 11.8 Å². The molecule has 0 aromatic heterocycles. The third-order valence-corrected chi connectivity index (χ3v) is 8.24. The molecular weight excluding hydrogens is 534 g/mol. The van der Waals surface area contributed by atoms with Gasteiger partial charge in [-0.15, -0.1) is 0 Å². The van der Waals surface area contributed by atoms with Crippen molar-refractivity contribution in [2.75, 3.05) is 21.2 Å². The number of primary amides is 1. The van der Waals surface area contributed by atoms with Crippen LogP contribution in [0.15, 0.2) is 59.1 Å². The van der Waals surface area contributed by atoms with E-state index in [0.717, 1.165) is 0 Å². The molecular formula is C29H29N3O9. The maximum atomic E-state index is 13.9. The predicted octanol–water partition coefficient (Wildman–Crippen LogP) is 1.08. The van der Waals surface area contributed by atoms with E-state index in [-0.39, 0.29) is 35.3 Å². The Kier molecular flexibility index (Phi) is 6.72. The van der Waals surface area contributed by atoms with Gasteiger partial charge in [-0.05, 0) is 67.7 Å². The summed E-state index contributed by atoms with van der Waals surface area (Å²) in [6.45, 7) is 0. The number of ketones is 2. The van der Waals surface area contributed by atoms with Crippen molar-refractivity contribution in [1.29, 1.82) is 0 Å². The first-order valence-corrected chi connectivity index (χ1v) is 12.8. The normalized spacial score (nSPS) is 25.5. The van der Waals surface area contributed by atoms with Gasteiger partial charge >= 0.3 is 0 Å². The molecule has 0 aliphatic heterocycles. The Bertz CT molecular complexity index is 1590. The second-order valence-electron chi connectivity index (χ2n) is 10.7. The van der Waals surface area contributed by atoms with Crippen LogP contribution >= 0.6 is 0 Å². The molecule has 2 amide bonds. The van der Waals surface area contributed by atoms with Crippen molar-refractivity contribution in [1.82, 2.24) is 10.4 Å². The molecule has 2 aromatic carbocycles. The van der Waals surface area contributed by atoms with Crippen molar-refractivity contribution >= 4 is 23.4 Å². The Morgan fingerprint density at radius 2 is 1.83 bits per heavy atom. The highest BCUT2D eigenvalue weighted by atomic mass is 16.6. The van der Waals surface area contributed by atoms with Gasteiger partial charge in [0.05, 0.1) is 18.7 Å². The van der Waals surface area contributed by atoms with E-state index in [2.05, 4.69) is 5.48 Å². The number of amides is 2. The average Bonchev–Trinajstić information content (AvgIpc) is 2.90. The lowest BCUT2D eigenvalue weighted by Gasteiger charge is -2.50. The standard InChI is InChI=1S/C29H29N3O9/c1-32(2)22-17-11-14-10-16-15(12-5-4-6-13(9-12)28(39)31-41-3)7-8-18(33)20(16)23(34)19(14)25(36)29(17,40)26(37)21(24(22)35)27(30)38/h4-9,14,17,22,33,35-36,40H,10-11H2,1-3H3,(H2,30,38)(H,31,39). The van der Waals surface area contributed by atoms with Gasteiger partial charge in [-0.1, -0.05) is 18.2 Å². The zero-order chi connectivity index (χ0) is 30.0. The molecule has 12 nitrogen and oxygen atoms in total. The summed E-state index contributed by atoms with van der Waals surface area (Å²) in [5.74, 6) is -7.64. The van der Waals surface area contributed by atoms with Crippen molar-refractivity contribution < 1.29 is 44.4 Å². The Hall–Kier alpha value is -4.52. The minimum absolute atomic E-state index is 0.0306. The predicted molar refractivity (Wildman–Crippen MR) is 144 cm³/mol. The Labute approximate surface area is 234 Å². The fraction of sp³-hybridized carbons (Fsp3) is 0.310. The van der Waals surface area contributed by atoms with Gasteiger partial charge in [-0.2, -0.15) is 0 Å². The van der Waals surface area contributed by atoms with Crippen LogP contribution in [0.5, 0.6) is 5.75 Å². The average molecular weight is 564 g/mol. The molecule has 3 aliphatic carbocycles. The number of likely N-dealkylation sites (N-methyl/N-ethyl adjacent to an activating group) is 1. The van der Waals surface area contributed by atoms with Gasteiger partial charge in [-0.25, -0.2) is 5.48 Å². The van der Waals surface area contributed by atoms with E-state index in [1.165, 1.54) is 18.1 Å². The number of Topliss-reactive ketones (excluding diaryl/α,β-unsaturated/α-hetero) is 2. The van der Waals surface area contributed by atoms with Crippen molar-refractivity contribution in [3.63, 3.8) is 0 Å². The molecule has 7 N–H and O–H groups in total. The molecule has 0 saturated heterocycles. The number of phenolic OH excluding ortho intramolecular Hbond substituents is 1. The molecule has 12 heteroatoms. The smallest absolute Gasteiger partial charge is 0.274 e. The Morgan fingerprint density at radius 3 is 2.46 bits per heavy atom. The van der Waals surface area contributed by atoms with E-state index in [4.69, 9.17) is 10.6 Å². The number of fused-ring (bicyclic) bond motifs is 3. The van der Waals surface area contributed by atoms with Crippen LogP contribution in [-0.4, -0.2) is 81.6 Å². The number of aliphatic hydroxyl groups is 3. The summed E-state index contributed by atoms with van der Waals surface area (Å²) < 4.78 is 0. The van der Waals surface area contributed by atoms with E-state index in [9.17, 15) is 39.6 Å². The number of hydroxylamine groups is 1. The van der Waals surface area contributed by atoms with Crippen LogP contribution in [0.25, 0.3) is 11.1 Å². The van der Waals surface area contributed by atoms with Gasteiger partial charge in [0.15, 0.2) is 11.4 Å². The minimum Gasteiger partial charge on any atom is -0.510 e. The van der Waals surface area contributed by atoms with Crippen LogP contribution in [0.1, 0.15) is 32.7 Å². The summed E-state index contributed by atoms with van der Waals surface area (Å²) in [6.07, 6.45) is 0.0872. The SMILES string of the molecule is CONC(=O)c1cccc(-c2ccc(O)c3c2CC2CC4C(N(C)C)C(O)=C(C(N)=O)C(=O)C4(O)C(O)=C2C3=O)c1. The number of nitrogens with one attached hydrogen (secondary N) is 1. The van der Waals surface area contributed by atoms with Gasteiger partial charge in [0.1, 0.15) is 22.8 Å². The van der Waals surface area contributed by atoms with Crippen molar-refractivity contribution in [2.45, 2.75) is 24.5 Å². The molecule has 5 rings (SSSR count). The van der Waals surface area contributed by atoms with Crippen LogP contribution < -0.4 is 11.2 Å². The molecule has 0 saturated carbocycles. The van der Waals surface area contributed by atoms with Crippen LogP contribution in [0, 0.1) is 11.8 Å². The van der Waals surface area contributed by atoms with Crippen LogP contribution in [0.3, 0.4) is 0 Å². The monoisotopic (exact) mass is 563 g/mol. The number of nitrogens with two attached hydrogens (primary N) is 1. The van der Waals surface area contributed by atoms with E-state index in [1.54, 1.807) is 44.4 Å². The van der Waals surface area contributed by atoms with E-state index < -0.39 is 64.0 Å². The van der Waals surface area contributed by atoms with Crippen LogP contribution in [-0.2, 0) is 20.8 Å². The summed E-state index contributed by atoms with van der Waals surface area (Å²) in [4.78, 5) is 58.0. The van der Waals surface area contributed by atoms with Gasteiger partial charge < -0.3 is 26.2 Å². The summed E-state index contributed by atoms with van der Waals surface area (Å²) in [7, 11) is 4.44. The number of benzene rings is 2. The van der Waals surface area contributed by atoms with Crippen molar-refractivity contribution in [3.8, 4) is 16.9 Å². The molecule has 0 spiro atoms. The Balaban J connectivity index is 1.68. The number of phenols is 1. The summed E-state index contributed by atoms with van der Waals surface area (Å²) in [6, 6.07) is 8.42. The molecule has 214 valence electrons. The number of hydrogen-bond donors (Lipinski definition) is 6. The number of carbonyl (C=O) groups is 4. The summed E-state index contributed by atoms with van der Waals surface area (Å²) in [5.41, 5.74) is 5.55. The first-order valence-electron chi connectivity index (χ1n) is 12.8. The van der Waals surface area contributed by atoms with Crippen LogP contribution in [0.2, 0.25) is 0 Å². The number of allylic oxidation sites excluding steroid dienone is 1. The second-order valence-corrected chi connectivity index (χ2v) is 10.7. The highest BCUT2D eigenvalue weighted by Crippen LogP contribution is 2.53. The topological polar surface area (TPSA) is 200 Å². The highest BCUT2D eigenvalue weighted by Gasteiger charge is 2.63. The zero-order valence-corrected chi connectivity index (χ0v) is 22.5. The molecule has 0 heterocycles. The van der Waals surface area contributed by atoms with E-state index >= 15 is 0 Å². The molecule has 4 unspecified atom stereocenters. The van der Waals surface area contributed by atoms with Crippen LogP contribution in [0.4, 0.5) is 0 Å². The Morgan fingerprint density at radius 1 is 1.12 bits per heavy atom. The lowest BCUT2D eigenvalue weighted by Crippen LogP contribution is -2.63. The van der Waals surface area contributed by atoms with Gasteiger partial charge in [0, 0.05) is 17.1 Å². The maximum Gasteiger partial charge on any atom is 0.274 e.